The summed E-state index contributed by atoms with van der Waals surface area (Å²) in [6.45, 7) is 0. The van der Waals surface area contributed by atoms with Crippen LogP contribution in [0.4, 0.5) is 4.39 Å². The maximum atomic E-state index is 13.9. The lowest BCUT2D eigenvalue weighted by molar-refractivity contribution is 0.173. The zero-order chi connectivity index (χ0) is 14.1. The van der Waals surface area contributed by atoms with Crippen LogP contribution in [0.15, 0.2) is 46.9 Å². The maximum absolute atomic E-state index is 13.9. The second-order valence-electron chi connectivity index (χ2n) is 4.44. The first-order valence-corrected chi connectivity index (χ1v) is 7.72. The summed E-state index contributed by atoms with van der Waals surface area (Å²) >= 11 is 4.65. The first-order chi connectivity index (χ1) is 9.65. The standard InChI is InChI=1S/C15H11BrFNOS/c16-10-5-3-4-9(15(10)17)12(19)8-14-18-11-6-1-2-7-13(11)20-14/h1-7,12,19H,8H2. The van der Waals surface area contributed by atoms with Crippen LogP contribution in [0.25, 0.3) is 10.2 Å². The van der Waals surface area contributed by atoms with Crippen molar-refractivity contribution in [3.8, 4) is 0 Å². The Morgan fingerprint density at radius 3 is 2.80 bits per heavy atom. The fraction of sp³-hybridized carbons (Fsp3) is 0.133. The van der Waals surface area contributed by atoms with Crippen molar-refractivity contribution in [1.29, 1.82) is 0 Å². The third-order valence-corrected chi connectivity index (χ3v) is 4.72. The van der Waals surface area contributed by atoms with Crippen molar-refractivity contribution in [1.82, 2.24) is 4.98 Å². The number of para-hydroxylation sites is 1. The van der Waals surface area contributed by atoms with Crippen LogP contribution in [0.1, 0.15) is 16.7 Å². The first kappa shape index (κ1) is 13.7. The summed E-state index contributed by atoms with van der Waals surface area (Å²) in [5.41, 5.74) is 1.20. The van der Waals surface area contributed by atoms with Gasteiger partial charge in [-0.2, -0.15) is 0 Å². The van der Waals surface area contributed by atoms with E-state index in [1.54, 1.807) is 18.2 Å². The molecule has 1 atom stereocenters. The van der Waals surface area contributed by atoms with Crippen molar-refractivity contribution in [2.75, 3.05) is 0 Å². The molecule has 3 rings (SSSR count). The summed E-state index contributed by atoms with van der Waals surface area (Å²) in [6.07, 6.45) is -0.583. The molecule has 2 nitrogen and oxygen atoms in total. The van der Waals surface area contributed by atoms with Crippen LogP contribution in [-0.4, -0.2) is 10.1 Å². The number of hydrogen-bond donors (Lipinski definition) is 1. The average Bonchev–Trinajstić information content (AvgIpc) is 2.83. The number of benzene rings is 2. The van der Waals surface area contributed by atoms with E-state index in [4.69, 9.17) is 0 Å². The monoisotopic (exact) mass is 351 g/mol. The molecule has 0 fully saturated rings. The van der Waals surface area contributed by atoms with Crippen molar-refractivity contribution in [3.63, 3.8) is 0 Å². The van der Waals surface area contributed by atoms with Crippen molar-refractivity contribution < 1.29 is 9.50 Å². The summed E-state index contributed by atoms with van der Waals surface area (Å²) < 4.78 is 15.4. The summed E-state index contributed by atoms with van der Waals surface area (Å²) in [4.78, 5) is 4.45. The van der Waals surface area contributed by atoms with Crippen LogP contribution in [-0.2, 0) is 6.42 Å². The van der Waals surface area contributed by atoms with Gasteiger partial charge in [0.05, 0.1) is 25.8 Å². The molecule has 102 valence electrons. The number of aliphatic hydroxyl groups excluding tert-OH is 1. The second-order valence-corrected chi connectivity index (χ2v) is 6.41. The number of hydrogen-bond acceptors (Lipinski definition) is 3. The van der Waals surface area contributed by atoms with Gasteiger partial charge in [-0.15, -0.1) is 11.3 Å². The fourth-order valence-electron chi connectivity index (χ4n) is 2.06. The normalized spacial score (nSPS) is 12.8. The van der Waals surface area contributed by atoms with E-state index in [1.165, 1.54) is 11.3 Å². The molecule has 1 heterocycles. The molecule has 0 bridgehead atoms. The molecule has 1 N–H and O–H groups in total. The Labute approximate surface area is 128 Å². The Balaban J connectivity index is 1.88. The quantitative estimate of drug-likeness (QED) is 0.754. The minimum atomic E-state index is -0.895. The Kier molecular flexibility index (Phi) is 3.83. The number of thiazole rings is 1. The van der Waals surface area contributed by atoms with E-state index in [9.17, 15) is 9.50 Å². The van der Waals surface area contributed by atoms with Gasteiger partial charge in [-0.1, -0.05) is 24.3 Å². The Bertz CT molecular complexity index is 725. The highest BCUT2D eigenvalue weighted by atomic mass is 79.9. The van der Waals surface area contributed by atoms with Crippen molar-refractivity contribution >= 4 is 37.5 Å². The number of aromatic nitrogens is 1. The molecule has 0 aliphatic carbocycles. The lowest BCUT2D eigenvalue weighted by Crippen LogP contribution is -2.04. The highest BCUT2D eigenvalue weighted by Gasteiger charge is 2.17. The van der Waals surface area contributed by atoms with Crippen LogP contribution in [0.5, 0.6) is 0 Å². The summed E-state index contributed by atoms with van der Waals surface area (Å²) in [5, 5.41) is 11.0. The molecule has 0 saturated carbocycles. The number of fused-ring (bicyclic) bond motifs is 1. The minimum Gasteiger partial charge on any atom is -0.388 e. The highest BCUT2D eigenvalue weighted by Crippen LogP contribution is 2.29. The molecule has 0 aliphatic heterocycles. The van der Waals surface area contributed by atoms with E-state index in [1.807, 2.05) is 24.3 Å². The molecule has 3 aromatic rings. The van der Waals surface area contributed by atoms with Gasteiger partial charge in [-0.05, 0) is 34.1 Å². The van der Waals surface area contributed by atoms with Gasteiger partial charge in [0.25, 0.3) is 0 Å². The van der Waals surface area contributed by atoms with E-state index >= 15 is 0 Å². The number of halogens is 2. The molecular weight excluding hydrogens is 341 g/mol. The average molecular weight is 352 g/mol. The zero-order valence-electron chi connectivity index (χ0n) is 10.4. The van der Waals surface area contributed by atoms with Gasteiger partial charge < -0.3 is 5.11 Å². The summed E-state index contributed by atoms with van der Waals surface area (Å²) in [7, 11) is 0. The van der Waals surface area contributed by atoms with Gasteiger partial charge in [-0.3, -0.25) is 0 Å². The van der Waals surface area contributed by atoms with Gasteiger partial charge in [0.1, 0.15) is 5.82 Å². The molecule has 20 heavy (non-hydrogen) atoms. The van der Waals surface area contributed by atoms with Crippen LogP contribution < -0.4 is 0 Å². The molecule has 1 aromatic heterocycles. The molecule has 0 amide bonds. The van der Waals surface area contributed by atoms with E-state index < -0.39 is 11.9 Å². The highest BCUT2D eigenvalue weighted by molar-refractivity contribution is 9.10. The predicted octanol–water partition coefficient (Wildman–Crippen LogP) is 4.47. The van der Waals surface area contributed by atoms with Gasteiger partial charge in [-0.25, -0.2) is 9.37 Å². The van der Waals surface area contributed by atoms with Crippen LogP contribution >= 0.6 is 27.3 Å². The van der Waals surface area contributed by atoms with E-state index in [2.05, 4.69) is 20.9 Å². The number of aliphatic hydroxyl groups is 1. The number of rotatable bonds is 3. The smallest absolute Gasteiger partial charge is 0.143 e. The van der Waals surface area contributed by atoms with Crippen LogP contribution in [0.3, 0.4) is 0 Å². The Morgan fingerprint density at radius 2 is 2.00 bits per heavy atom. The van der Waals surface area contributed by atoms with Gasteiger partial charge in [0, 0.05) is 12.0 Å². The topological polar surface area (TPSA) is 33.1 Å². The second kappa shape index (κ2) is 5.60. The van der Waals surface area contributed by atoms with E-state index in [0.717, 1.165) is 15.2 Å². The van der Waals surface area contributed by atoms with Crippen molar-refractivity contribution in [2.45, 2.75) is 12.5 Å². The van der Waals surface area contributed by atoms with E-state index in [0.29, 0.717) is 16.5 Å². The molecule has 5 heteroatoms. The fourth-order valence-corrected chi connectivity index (χ4v) is 3.45. The largest absolute Gasteiger partial charge is 0.388 e. The molecule has 0 aliphatic rings. The predicted molar refractivity (Wildman–Crippen MR) is 82.4 cm³/mol. The van der Waals surface area contributed by atoms with E-state index in [-0.39, 0.29) is 0 Å². The third kappa shape index (κ3) is 2.61. The lowest BCUT2D eigenvalue weighted by Gasteiger charge is -2.11. The van der Waals surface area contributed by atoms with Gasteiger partial charge in [0.2, 0.25) is 0 Å². The zero-order valence-corrected chi connectivity index (χ0v) is 12.8. The Hall–Kier alpha value is -1.30. The third-order valence-electron chi connectivity index (χ3n) is 3.05. The first-order valence-electron chi connectivity index (χ1n) is 6.11. The SMILES string of the molecule is OC(Cc1nc2ccccc2s1)c1cccc(Br)c1F. The van der Waals surface area contributed by atoms with Gasteiger partial charge >= 0.3 is 0 Å². The number of nitrogens with zero attached hydrogens (tertiary/aromatic N) is 1. The molecular formula is C15H11BrFNOS. The molecule has 0 radical (unpaired) electrons. The molecule has 2 aromatic carbocycles. The van der Waals surface area contributed by atoms with Crippen molar-refractivity contribution in [3.05, 3.63) is 63.3 Å². The van der Waals surface area contributed by atoms with Crippen LogP contribution in [0.2, 0.25) is 0 Å². The summed E-state index contributed by atoms with van der Waals surface area (Å²) in [5.74, 6) is -0.416. The Morgan fingerprint density at radius 1 is 1.20 bits per heavy atom. The lowest BCUT2D eigenvalue weighted by atomic mass is 10.1. The minimum absolute atomic E-state index is 0.290. The van der Waals surface area contributed by atoms with Crippen LogP contribution in [0, 0.1) is 5.82 Å². The molecule has 0 spiro atoms. The van der Waals surface area contributed by atoms with Crippen molar-refractivity contribution in [2.24, 2.45) is 0 Å². The molecule has 0 saturated heterocycles. The maximum Gasteiger partial charge on any atom is 0.143 e. The van der Waals surface area contributed by atoms with Gasteiger partial charge in [0.15, 0.2) is 0 Å². The summed E-state index contributed by atoms with van der Waals surface area (Å²) in [6, 6.07) is 12.7. The molecule has 1 unspecified atom stereocenters.